The Morgan fingerprint density at radius 2 is 1.82 bits per heavy atom. The summed E-state index contributed by atoms with van der Waals surface area (Å²) in [6.07, 6.45) is -4.69. The van der Waals surface area contributed by atoms with E-state index in [0.717, 1.165) is 18.2 Å². The van der Waals surface area contributed by atoms with E-state index < -0.39 is 32.6 Å². The summed E-state index contributed by atoms with van der Waals surface area (Å²) in [6, 6.07) is 9.07. The van der Waals surface area contributed by atoms with Crippen LogP contribution in [0.2, 0.25) is 0 Å². The summed E-state index contributed by atoms with van der Waals surface area (Å²) in [5.41, 5.74) is -1.14. The summed E-state index contributed by atoms with van der Waals surface area (Å²) in [4.78, 5) is 13.4. The highest BCUT2D eigenvalue weighted by molar-refractivity contribution is 7.92. The van der Waals surface area contributed by atoms with E-state index in [1.807, 2.05) is 0 Å². The number of nitrogens with one attached hydrogen (secondary N) is 1. The number of nitrogens with zero attached hydrogens (tertiary/aromatic N) is 1. The number of rotatable bonds is 7. The molecule has 2 aromatic carbocycles. The molecular formula is C18H19F3N2O4S. The molecular weight excluding hydrogens is 397 g/mol. The molecule has 152 valence electrons. The monoisotopic (exact) mass is 416 g/mol. The van der Waals surface area contributed by atoms with Crippen molar-refractivity contribution >= 4 is 21.6 Å². The van der Waals surface area contributed by atoms with Crippen LogP contribution in [-0.4, -0.2) is 44.0 Å². The molecule has 0 aliphatic rings. The molecule has 0 bridgehead atoms. The van der Waals surface area contributed by atoms with Crippen LogP contribution in [0.5, 0.6) is 0 Å². The Balaban J connectivity index is 2.39. The second kappa shape index (κ2) is 8.61. The number of aliphatic hydroxyl groups excluding tert-OH is 1. The van der Waals surface area contributed by atoms with E-state index in [4.69, 9.17) is 5.11 Å². The average molecular weight is 416 g/mol. The smallest absolute Gasteiger partial charge is 0.395 e. The Kier molecular flexibility index (Phi) is 6.68. The van der Waals surface area contributed by atoms with Gasteiger partial charge in [-0.05, 0) is 37.3 Å². The number of aliphatic hydroxyl groups is 1. The minimum Gasteiger partial charge on any atom is -0.395 e. The Bertz CT molecular complexity index is 946. The molecule has 0 aliphatic carbocycles. The fourth-order valence-electron chi connectivity index (χ4n) is 2.50. The normalized spacial score (nSPS) is 11.9. The van der Waals surface area contributed by atoms with Gasteiger partial charge in [0.15, 0.2) is 0 Å². The number of carbonyl (C=O) groups excluding carboxylic acids is 1. The first-order valence-corrected chi connectivity index (χ1v) is 9.77. The Morgan fingerprint density at radius 3 is 2.43 bits per heavy atom. The summed E-state index contributed by atoms with van der Waals surface area (Å²) in [6.45, 7) is 1.78. The molecule has 2 rings (SSSR count). The Labute approximate surface area is 160 Å². The number of alkyl halides is 3. The molecule has 28 heavy (non-hydrogen) atoms. The number of benzene rings is 2. The van der Waals surface area contributed by atoms with Crippen molar-refractivity contribution in [1.29, 1.82) is 0 Å². The predicted molar refractivity (Wildman–Crippen MR) is 97.4 cm³/mol. The van der Waals surface area contributed by atoms with Crippen LogP contribution in [0, 0.1) is 0 Å². The third kappa shape index (κ3) is 5.02. The number of para-hydroxylation sites is 1. The van der Waals surface area contributed by atoms with Crippen LogP contribution >= 0.6 is 0 Å². The summed E-state index contributed by atoms with van der Waals surface area (Å²) in [5.74, 6) is -0.515. The van der Waals surface area contributed by atoms with Crippen LogP contribution in [0.3, 0.4) is 0 Å². The number of hydrogen-bond acceptors (Lipinski definition) is 4. The maximum absolute atomic E-state index is 12.9. The van der Waals surface area contributed by atoms with Gasteiger partial charge >= 0.3 is 6.18 Å². The maximum Gasteiger partial charge on any atom is 0.416 e. The first kappa shape index (κ1) is 21.7. The number of likely N-dealkylation sites (N-methyl/N-ethyl adjacent to an activating group) is 1. The van der Waals surface area contributed by atoms with Crippen molar-refractivity contribution in [3.05, 3.63) is 59.7 Å². The van der Waals surface area contributed by atoms with Crippen molar-refractivity contribution in [2.45, 2.75) is 18.0 Å². The van der Waals surface area contributed by atoms with Gasteiger partial charge in [0, 0.05) is 13.1 Å². The van der Waals surface area contributed by atoms with Crippen molar-refractivity contribution in [1.82, 2.24) is 4.90 Å². The van der Waals surface area contributed by atoms with E-state index in [1.54, 1.807) is 6.92 Å². The van der Waals surface area contributed by atoms with E-state index in [-0.39, 0.29) is 30.9 Å². The standard InChI is InChI=1S/C18H19F3N2O4S/c1-2-23(10-11-24)17(25)15-8-3-4-9-16(15)22-28(26,27)14-7-5-6-13(12-14)18(19,20)21/h3-9,12,22,24H,2,10-11H2,1H3. The summed E-state index contributed by atoms with van der Waals surface area (Å²) in [7, 11) is -4.37. The number of carbonyl (C=O) groups is 1. The van der Waals surface area contributed by atoms with Crippen LogP contribution in [0.15, 0.2) is 53.4 Å². The van der Waals surface area contributed by atoms with Crippen LogP contribution in [0.4, 0.5) is 18.9 Å². The molecule has 6 nitrogen and oxygen atoms in total. The Hall–Kier alpha value is -2.59. The molecule has 0 aromatic heterocycles. The van der Waals surface area contributed by atoms with Gasteiger partial charge in [0.2, 0.25) is 0 Å². The SMILES string of the molecule is CCN(CCO)C(=O)c1ccccc1NS(=O)(=O)c1cccc(C(F)(F)F)c1. The third-order valence-corrected chi connectivity index (χ3v) is 5.28. The van der Waals surface area contributed by atoms with Crippen LogP contribution < -0.4 is 4.72 Å². The highest BCUT2D eigenvalue weighted by Gasteiger charge is 2.32. The zero-order valence-corrected chi connectivity index (χ0v) is 15.7. The maximum atomic E-state index is 12.9. The zero-order valence-electron chi connectivity index (χ0n) is 14.9. The number of amides is 1. The molecule has 0 radical (unpaired) electrons. The second-order valence-corrected chi connectivity index (χ2v) is 7.47. The molecule has 0 heterocycles. The van der Waals surface area contributed by atoms with Gasteiger partial charge < -0.3 is 10.0 Å². The van der Waals surface area contributed by atoms with Crippen molar-refractivity contribution in [2.75, 3.05) is 24.4 Å². The summed E-state index contributed by atoms with van der Waals surface area (Å²) in [5, 5.41) is 9.06. The fraction of sp³-hybridized carbons (Fsp3) is 0.278. The quantitative estimate of drug-likeness (QED) is 0.727. The van der Waals surface area contributed by atoms with Crippen molar-refractivity contribution < 1.29 is 31.5 Å². The van der Waals surface area contributed by atoms with Gasteiger partial charge in [-0.1, -0.05) is 18.2 Å². The Morgan fingerprint density at radius 1 is 1.14 bits per heavy atom. The number of anilines is 1. The molecule has 10 heteroatoms. The van der Waals surface area contributed by atoms with Gasteiger partial charge in [-0.15, -0.1) is 0 Å². The van der Waals surface area contributed by atoms with Crippen LogP contribution in [0.25, 0.3) is 0 Å². The van der Waals surface area contributed by atoms with Gasteiger partial charge in [-0.2, -0.15) is 13.2 Å². The molecule has 0 fully saturated rings. The molecule has 0 spiro atoms. The van der Waals surface area contributed by atoms with Gasteiger partial charge in [0.25, 0.3) is 15.9 Å². The summed E-state index contributed by atoms with van der Waals surface area (Å²) >= 11 is 0. The lowest BCUT2D eigenvalue weighted by Gasteiger charge is -2.21. The summed E-state index contributed by atoms with van der Waals surface area (Å²) < 4.78 is 65.9. The lowest BCUT2D eigenvalue weighted by molar-refractivity contribution is -0.137. The third-order valence-electron chi connectivity index (χ3n) is 3.91. The van der Waals surface area contributed by atoms with E-state index in [2.05, 4.69) is 4.72 Å². The highest BCUT2D eigenvalue weighted by atomic mass is 32.2. The first-order valence-electron chi connectivity index (χ1n) is 8.29. The van der Waals surface area contributed by atoms with Gasteiger partial charge in [-0.3, -0.25) is 9.52 Å². The van der Waals surface area contributed by atoms with Gasteiger partial charge in [0.05, 0.1) is 28.3 Å². The molecule has 0 saturated carbocycles. The van der Waals surface area contributed by atoms with E-state index in [1.165, 1.54) is 29.2 Å². The minimum atomic E-state index is -4.69. The fourth-order valence-corrected chi connectivity index (χ4v) is 3.62. The molecule has 1 amide bonds. The average Bonchev–Trinajstić information content (AvgIpc) is 2.65. The lowest BCUT2D eigenvalue weighted by Crippen LogP contribution is -2.34. The lowest BCUT2D eigenvalue weighted by atomic mass is 10.1. The minimum absolute atomic E-state index is 0.0216. The van der Waals surface area contributed by atoms with Crippen LogP contribution in [0.1, 0.15) is 22.8 Å². The number of sulfonamides is 1. The highest BCUT2D eigenvalue weighted by Crippen LogP contribution is 2.31. The predicted octanol–water partition coefficient (Wildman–Crippen LogP) is 2.96. The number of hydrogen-bond donors (Lipinski definition) is 2. The van der Waals surface area contributed by atoms with Crippen LogP contribution in [-0.2, 0) is 16.2 Å². The van der Waals surface area contributed by atoms with Gasteiger partial charge in [-0.25, -0.2) is 8.42 Å². The largest absolute Gasteiger partial charge is 0.416 e. The zero-order chi connectivity index (χ0) is 20.9. The van der Waals surface area contributed by atoms with Crippen molar-refractivity contribution in [3.63, 3.8) is 0 Å². The van der Waals surface area contributed by atoms with E-state index in [9.17, 15) is 26.4 Å². The topological polar surface area (TPSA) is 86.7 Å². The molecule has 0 saturated heterocycles. The first-order chi connectivity index (χ1) is 13.1. The molecule has 0 unspecified atom stereocenters. The van der Waals surface area contributed by atoms with Crippen molar-refractivity contribution in [2.24, 2.45) is 0 Å². The van der Waals surface area contributed by atoms with Crippen molar-refractivity contribution in [3.8, 4) is 0 Å². The molecule has 0 atom stereocenters. The molecule has 2 N–H and O–H groups in total. The van der Waals surface area contributed by atoms with E-state index >= 15 is 0 Å². The van der Waals surface area contributed by atoms with Gasteiger partial charge in [0.1, 0.15) is 0 Å². The second-order valence-electron chi connectivity index (χ2n) is 5.79. The van der Waals surface area contributed by atoms with E-state index in [0.29, 0.717) is 6.07 Å². The molecule has 0 aliphatic heterocycles. The molecule has 2 aromatic rings. The number of halogens is 3.